The van der Waals surface area contributed by atoms with E-state index in [1.54, 1.807) is 6.82 Å². The van der Waals surface area contributed by atoms with Crippen LogP contribution in [0, 0.1) is 0 Å². The van der Waals surface area contributed by atoms with Gasteiger partial charge in [-0.05, 0) is 31.3 Å². The highest BCUT2D eigenvalue weighted by atomic mass is 16.5. The van der Waals surface area contributed by atoms with Gasteiger partial charge >= 0.3 is 12.8 Å². The lowest BCUT2D eigenvalue weighted by atomic mass is 9.86. The van der Waals surface area contributed by atoms with Gasteiger partial charge in [0.05, 0.1) is 11.7 Å². The fourth-order valence-electron chi connectivity index (χ4n) is 2.52. The molecule has 1 aliphatic heterocycles. The molecule has 1 aromatic heterocycles. The van der Waals surface area contributed by atoms with E-state index in [4.69, 9.17) is 4.52 Å². The van der Waals surface area contributed by atoms with Crippen molar-refractivity contribution in [3.8, 4) is 5.69 Å². The van der Waals surface area contributed by atoms with Crippen LogP contribution >= 0.6 is 0 Å². The Hall–Kier alpha value is -1.86. The van der Waals surface area contributed by atoms with E-state index in [1.165, 1.54) is 4.57 Å². The summed E-state index contributed by atoms with van der Waals surface area (Å²) >= 11 is 0. The van der Waals surface area contributed by atoms with Crippen molar-refractivity contribution in [2.45, 2.75) is 25.7 Å². The van der Waals surface area contributed by atoms with E-state index in [9.17, 15) is 9.82 Å². The molecule has 98 valence electrons. The molecule has 0 saturated heterocycles. The minimum atomic E-state index is -0.675. The number of hydrogen-bond donors (Lipinski definition) is 2. The lowest BCUT2D eigenvalue weighted by Gasteiger charge is -2.15. The average molecular weight is 259 g/mol. The largest absolute Gasteiger partial charge is 0.446 e. The first kappa shape index (κ1) is 12.2. The van der Waals surface area contributed by atoms with Gasteiger partial charge < -0.3 is 10.3 Å². The Labute approximate surface area is 110 Å². The summed E-state index contributed by atoms with van der Waals surface area (Å²) in [6.45, 7) is 1.64. The van der Waals surface area contributed by atoms with Gasteiger partial charge in [0, 0.05) is 0 Å². The number of nitrogens with zero attached hydrogens (tertiary/aromatic N) is 2. The van der Waals surface area contributed by atoms with Crippen LogP contribution in [0.25, 0.3) is 5.69 Å². The number of hydrogen-bond acceptors (Lipinski definition) is 5. The van der Waals surface area contributed by atoms with Crippen molar-refractivity contribution < 1.29 is 9.55 Å². The number of aromatic nitrogens is 2. The van der Waals surface area contributed by atoms with Gasteiger partial charge in [0.2, 0.25) is 0 Å². The molecule has 0 fully saturated rings. The quantitative estimate of drug-likeness (QED) is 0.768. The fourth-order valence-corrected chi connectivity index (χ4v) is 2.52. The molecule has 0 amide bonds. The second-order valence-electron chi connectivity index (χ2n) is 4.70. The van der Waals surface area contributed by atoms with Crippen molar-refractivity contribution in [3.05, 3.63) is 46.2 Å². The van der Waals surface area contributed by atoms with Crippen molar-refractivity contribution in [1.82, 2.24) is 15.0 Å². The maximum atomic E-state index is 11.9. The zero-order valence-electron chi connectivity index (χ0n) is 10.5. The fraction of sp³-hybridized carbons (Fsp3) is 0.333. The minimum Gasteiger partial charge on any atom is -0.437 e. The van der Waals surface area contributed by atoms with Gasteiger partial charge in [0.25, 0.3) is 0 Å². The van der Waals surface area contributed by atoms with E-state index in [0.29, 0.717) is 5.82 Å². The molecule has 1 aliphatic rings. The van der Waals surface area contributed by atoms with Crippen LogP contribution in [0.4, 0.5) is 0 Å². The number of para-hydroxylation sites is 1. The number of nitrogens with one attached hydrogen (secondary N) is 1. The van der Waals surface area contributed by atoms with Gasteiger partial charge in [-0.3, -0.25) is 4.52 Å². The second-order valence-corrected chi connectivity index (χ2v) is 4.70. The summed E-state index contributed by atoms with van der Waals surface area (Å²) in [7, 11) is -0.675. The van der Waals surface area contributed by atoms with Crippen LogP contribution in [0.3, 0.4) is 0 Å². The Kier molecular flexibility index (Phi) is 3.00. The molecular formula is C12H14BN3O3. The maximum Gasteiger partial charge on any atom is 0.446 e. The van der Waals surface area contributed by atoms with Crippen LogP contribution in [0.15, 0.2) is 33.6 Å². The molecule has 0 bridgehead atoms. The summed E-state index contributed by atoms with van der Waals surface area (Å²) in [5.41, 5.74) is 1.88. The Balaban J connectivity index is 2.15. The van der Waals surface area contributed by atoms with Crippen LogP contribution in [0.1, 0.15) is 23.9 Å². The summed E-state index contributed by atoms with van der Waals surface area (Å²) in [5.74, 6) is 0.0117. The summed E-state index contributed by atoms with van der Waals surface area (Å²) in [6.07, 6.45) is 1.55. The summed E-state index contributed by atoms with van der Waals surface area (Å²) < 4.78 is 6.25. The molecule has 1 atom stereocenters. The Bertz CT molecular complexity index is 650. The molecule has 2 aromatic rings. The lowest BCUT2D eigenvalue weighted by molar-refractivity contribution is 0.370. The lowest BCUT2D eigenvalue weighted by Crippen LogP contribution is -2.36. The van der Waals surface area contributed by atoms with E-state index in [2.05, 4.69) is 10.4 Å². The maximum absolute atomic E-state index is 11.9. The van der Waals surface area contributed by atoms with E-state index >= 15 is 0 Å². The first-order valence-corrected chi connectivity index (χ1v) is 6.28. The molecule has 3 rings (SSSR count). The molecule has 7 heteroatoms. The van der Waals surface area contributed by atoms with Gasteiger partial charge in [-0.1, -0.05) is 23.4 Å². The van der Waals surface area contributed by atoms with Crippen LogP contribution in [0.5, 0.6) is 0 Å². The Morgan fingerprint density at radius 3 is 3.11 bits per heavy atom. The normalized spacial score (nSPS) is 17.5. The molecule has 2 N–H and O–H groups in total. The highest BCUT2D eigenvalue weighted by Crippen LogP contribution is 2.27. The van der Waals surface area contributed by atoms with Crippen LogP contribution < -0.4 is 11.0 Å². The first-order valence-electron chi connectivity index (χ1n) is 6.28. The van der Waals surface area contributed by atoms with Crippen molar-refractivity contribution in [2.24, 2.45) is 0 Å². The highest BCUT2D eigenvalue weighted by molar-refractivity contribution is 6.45. The number of fused-ring (bicyclic) bond motifs is 3. The van der Waals surface area contributed by atoms with Crippen molar-refractivity contribution >= 4 is 7.05 Å². The molecule has 0 radical (unpaired) electrons. The van der Waals surface area contributed by atoms with E-state index < -0.39 is 12.8 Å². The van der Waals surface area contributed by atoms with E-state index in [1.807, 2.05) is 24.3 Å². The number of rotatable bonds is 2. The predicted octanol–water partition coefficient (Wildman–Crippen LogP) is 0.513. The Morgan fingerprint density at radius 1 is 1.53 bits per heavy atom. The van der Waals surface area contributed by atoms with Crippen molar-refractivity contribution in [3.63, 3.8) is 0 Å². The SMILES string of the molecule is CB(O)N[C@H]1CCc2ccccc2-n2c1noc2=O. The monoisotopic (exact) mass is 259 g/mol. The predicted molar refractivity (Wildman–Crippen MR) is 70.1 cm³/mol. The Morgan fingerprint density at radius 2 is 2.32 bits per heavy atom. The molecular weight excluding hydrogens is 245 g/mol. The first-order chi connectivity index (χ1) is 9.16. The zero-order valence-corrected chi connectivity index (χ0v) is 10.5. The van der Waals surface area contributed by atoms with Gasteiger partial charge in [-0.25, -0.2) is 9.36 Å². The van der Waals surface area contributed by atoms with Gasteiger partial charge in [0.15, 0.2) is 5.82 Å². The minimum absolute atomic E-state index is 0.209. The number of aryl methyl sites for hydroxylation is 1. The summed E-state index contributed by atoms with van der Waals surface area (Å²) in [4.78, 5) is 11.9. The summed E-state index contributed by atoms with van der Waals surface area (Å²) in [6, 6.07) is 7.48. The van der Waals surface area contributed by atoms with Gasteiger partial charge in [-0.2, -0.15) is 0 Å². The van der Waals surface area contributed by atoms with Crippen LogP contribution in [-0.2, 0) is 6.42 Å². The van der Waals surface area contributed by atoms with Gasteiger partial charge in [0.1, 0.15) is 0 Å². The summed E-state index contributed by atoms with van der Waals surface area (Å²) in [5, 5.41) is 16.3. The second kappa shape index (κ2) is 4.67. The topological polar surface area (TPSA) is 80.3 Å². The van der Waals surface area contributed by atoms with Crippen LogP contribution in [0.2, 0.25) is 6.82 Å². The van der Waals surface area contributed by atoms with E-state index in [-0.39, 0.29) is 6.04 Å². The van der Waals surface area contributed by atoms with E-state index in [0.717, 1.165) is 24.1 Å². The third-order valence-electron chi connectivity index (χ3n) is 3.32. The highest BCUT2D eigenvalue weighted by Gasteiger charge is 2.28. The van der Waals surface area contributed by atoms with Crippen LogP contribution in [-0.4, -0.2) is 21.8 Å². The third kappa shape index (κ3) is 2.11. The molecule has 0 unspecified atom stereocenters. The van der Waals surface area contributed by atoms with Crippen molar-refractivity contribution in [2.75, 3.05) is 0 Å². The molecule has 0 aliphatic carbocycles. The molecule has 6 nitrogen and oxygen atoms in total. The molecule has 19 heavy (non-hydrogen) atoms. The standard InChI is InChI=1S/C12H14BN3O3/c1-13(18)14-9-7-6-8-4-2-3-5-10(8)16-11(9)15-19-12(16)17/h2-5,9,14,18H,6-7H2,1H3/t9-/m0/s1. The third-order valence-corrected chi connectivity index (χ3v) is 3.32. The average Bonchev–Trinajstić information content (AvgIpc) is 2.68. The number of benzene rings is 1. The smallest absolute Gasteiger partial charge is 0.437 e. The molecule has 0 saturated carbocycles. The zero-order chi connectivity index (χ0) is 13.4. The van der Waals surface area contributed by atoms with Gasteiger partial charge in [-0.15, -0.1) is 0 Å². The molecule has 1 aromatic carbocycles. The molecule has 0 spiro atoms. The van der Waals surface area contributed by atoms with Crippen molar-refractivity contribution in [1.29, 1.82) is 0 Å². The molecule has 2 heterocycles.